The third-order valence-electron chi connectivity index (χ3n) is 1.67. The van der Waals surface area contributed by atoms with Crippen LogP contribution in [0.5, 0.6) is 0 Å². The Balaban J connectivity index is 2.63. The van der Waals surface area contributed by atoms with Gasteiger partial charge in [0.05, 0.1) is 11.9 Å². The molecule has 1 aromatic rings. The van der Waals surface area contributed by atoms with Crippen molar-refractivity contribution in [1.29, 1.82) is 0 Å². The van der Waals surface area contributed by atoms with Crippen molar-refractivity contribution >= 4 is 27.8 Å². The highest BCUT2D eigenvalue weighted by Crippen LogP contribution is 2.26. The maximum absolute atomic E-state index is 3.94. The van der Waals surface area contributed by atoms with E-state index in [1.165, 1.54) is 5.56 Å². The lowest BCUT2D eigenvalue weighted by molar-refractivity contribution is 0.990. The van der Waals surface area contributed by atoms with E-state index in [-0.39, 0.29) is 0 Å². The molecule has 0 atom stereocenters. The summed E-state index contributed by atoms with van der Waals surface area (Å²) in [6.45, 7) is 2.05. The van der Waals surface area contributed by atoms with Crippen molar-refractivity contribution in [3.05, 3.63) is 27.7 Å². The second-order valence-electron chi connectivity index (χ2n) is 2.50. The van der Waals surface area contributed by atoms with Crippen LogP contribution < -0.4 is 5.43 Å². The molecule has 0 aromatic heterocycles. The van der Waals surface area contributed by atoms with E-state index in [2.05, 4.69) is 39.4 Å². The van der Waals surface area contributed by atoms with Gasteiger partial charge in [0.1, 0.15) is 0 Å². The van der Waals surface area contributed by atoms with Gasteiger partial charge in [-0.3, -0.25) is 0 Å². The van der Waals surface area contributed by atoms with Gasteiger partial charge in [0.25, 0.3) is 0 Å². The zero-order valence-electron chi connectivity index (χ0n) is 6.00. The van der Waals surface area contributed by atoms with E-state index < -0.39 is 0 Å². The molecule has 1 heterocycles. The largest absolute Gasteiger partial charge is 0.158 e. The summed E-state index contributed by atoms with van der Waals surface area (Å²) in [5.41, 5.74) is 7.20. The molecular weight excluding hydrogens is 204 g/mol. The number of hydrogen-bond donors (Lipinski definition) is 0. The standard InChI is InChI=1S/C8H6BrN2/c1-5-2-6-4-10-11-8(6)3-7(5)9/h2-4H,1H3. The normalized spacial score (nSPS) is 12.9. The Kier molecular flexibility index (Phi) is 1.46. The fourth-order valence-electron chi connectivity index (χ4n) is 1.04. The third kappa shape index (κ3) is 1.05. The first-order chi connectivity index (χ1) is 5.27. The predicted octanol–water partition coefficient (Wildman–Crippen LogP) is 2.34. The number of hydrogen-bond acceptors (Lipinski definition) is 1. The molecule has 0 aliphatic carbocycles. The Morgan fingerprint density at radius 1 is 1.36 bits per heavy atom. The van der Waals surface area contributed by atoms with E-state index in [1.807, 2.05) is 6.07 Å². The van der Waals surface area contributed by atoms with Crippen LogP contribution in [0.4, 0.5) is 5.69 Å². The molecule has 2 nitrogen and oxygen atoms in total. The van der Waals surface area contributed by atoms with Gasteiger partial charge in [-0.2, -0.15) is 10.5 Å². The Labute approximate surface area is 73.4 Å². The lowest BCUT2D eigenvalue weighted by Gasteiger charge is -1.99. The Morgan fingerprint density at radius 3 is 3.00 bits per heavy atom. The topological polar surface area (TPSA) is 26.5 Å². The summed E-state index contributed by atoms with van der Waals surface area (Å²) < 4.78 is 1.09. The van der Waals surface area contributed by atoms with Gasteiger partial charge in [-0.25, -0.2) is 0 Å². The molecule has 1 aliphatic rings. The summed E-state index contributed by atoms with van der Waals surface area (Å²) in [5, 5.41) is 3.81. The first-order valence-electron chi connectivity index (χ1n) is 3.31. The van der Waals surface area contributed by atoms with Crippen LogP contribution in [0, 0.1) is 6.92 Å². The second-order valence-corrected chi connectivity index (χ2v) is 3.36. The van der Waals surface area contributed by atoms with Crippen molar-refractivity contribution in [1.82, 2.24) is 5.43 Å². The van der Waals surface area contributed by atoms with Crippen LogP contribution >= 0.6 is 15.9 Å². The maximum Gasteiger partial charge on any atom is 0.0956 e. The first kappa shape index (κ1) is 6.85. The molecule has 0 amide bonds. The van der Waals surface area contributed by atoms with Crippen LogP contribution in [-0.4, -0.2) is 6.21 Å². The molecule has 0 saturated heterocycles. The molecule has 1 aliphatic heterocycles. The molecule has 1 radical (unpaired) electrons. The average Bonchev–Trinajstić information content (AvgIpc) is 2.36. The average molecular weight is 210 g/mol. The fraction of sp³-hybridized carbons (Fsp3) is 0.125. The number of fused-ring (bicyclic) bond motifs is 1. The minimum Gasteiger partial charge on any atom is -0.158 e. The molecule has 0 fully saturated rings. The molecule has 3 heteroatoms. The van der Waals surface area contributed by atoms with E-state index in [0.29, 0.717) is 0 Å². The molecule has 0 spiro atoms. The quantitative estimate of drug-likeness (QED) is 0.628. The predicted molar refractivity (Wildman–Crippen MR) is 48.3 cm³/mol. The van der Waals surface area contributed by atoms with Crippen LogP contribution in [0.3, 0.4) is 0 Å². The van der Waals surface area contributed by atoms with E-state index in [9.17, 15) is 0 Å². The fourth-order valence-corrected chi connectivity index (χ4v) is 1.37. The molecule has 55 valence electrons. The minimum atomic E-state index is 0.947. The van der Waals surface area contributed by atoms with Gasteiger partial charge < -0.3 is 0 Å². The molecule has 0 saturated carbocycles. The van der Waals surface area contributed by atoms with E-state index in [4.69, 9.17) is 0 Å². The Bertz CT molecular complexity index is 331. The summed E-state index contributed by atoms with van der Waals surface area (Å²) in [6.07, 6.45) is 1.77. The summed E-state index contributed by atoms with van der Waals surface area (Å²) in [6, 6.07) is 4.05. The smallest absolute Gasteiger partial charge is 0.0956 e. The van der Waals surface area contributed by atoms with Gasteiger partial charge in [0, 0.05) is 10.0 Å². The molecule has 2 rings (SSSR count). The molecule has 0 unspecified atom stereocenters. The van der Waals surface area contributed by atoms with Crippen LogP contribution in [0.15, 0.2) is 21.7 Å². The summed E-state index contributed by atoms with van der Waals surface area (Å²) in [5.74, 6) is 0. The zero-order chi connectivity index (χ0) is 7.84. The molecule has 0 N–H and O–H groups in total. The van der Waals surface area contributed by atoms with Gasteiger partial charge in [0.2, 0.25) is 0 Å². The second kappa shape index (κ2) is 2.34. The van der Waals surface area contributed by atoms with Crippen LogP contribution in [0.25, 0.3) is 0 Å². The number of rotatable bonds is 0. The lowest BCUT2D eigenvalue weighted by Crippen LogP contribution is -1.84. The number of halogens is 1. The van der Waals surface area contributed by atoms with Gasteiger partial charge >= 0.3 is 0 Å². The minimum absolute atomic E-state index is 0.947. The maximum atomic E-state index is 3.94. The highest BCUT2D eigenvalue weighted by atomic mass is 79.9. The van der Waals surface area contributed by atoms with E-state index >= 15 is 0 Å². The molecular formula is C8H6BrN2. The molecule has 0 bridgehead atoms. The highest BCUT2D eigenvalue weighted by molar-refractivity contribution is 9.10. The van der Waals surface area contributed by atoms with Crippen LogP contribution in [-0.2, 0) is 0 Å². The Hall–Kier alpha value is -0.830. The van der Waals surface area contributed by atoms with E-state index in [0.717, 1.165) is 15.7 Å². The molecule has 1 aromatic carbocycles. The Morgan fingerprint density at radius 2 is 2.18 bits per heavy atom. The van der Waals surface area contributed by atoms with Crippen molar-refractivity contribution in [2.24, 2.45) is 5.10 Å². The zero-order valence-corrected chi connectivity index (χ0v) is 7.59. The van der Waals surface area contributed by atoms with Crippen molar-refractivity contribution in [3.63, 3.8) is 0 Å². The third-order valence-corrected chi connectivity index (χ3v) is 2.52. The number of nitrogens with zero attached hydrogens (tertiary/aromatic N) is 2. The van der Waals surface area contributed by atoms with Crippen LogP contribution in [0.2, 0.25) is 0 Å². The molecule has 11 heavy (non-hydrogen) atoms. The van der Waals surface area contributed by atoms with Crippen molar-refractivity contribution in [2.75, 3.05) is 0 Å². The summed E-state index contributed by atoms with van der Waals surface area (Å²) >= 11 is 3.43. The van der Waals surface area contributed by atoms with Crippen LogP contribution in [0.1, 0.15) is 11.1 Å². The van der Waals surface area contributed by atoms with Crippen molar-refractivity contribution in [3.8, 4) is 0 Å². The number of benzene rings is 1. The summed E-state index contributed by atoms with van der Waals surface area (Å²) in [7, 11) is 0. The van der Waals surface area contributed by atoms with Crippen molar-refractivity contribution in [2.45, 2.75) is 6.92 Å². The lowest BCUT2D eigenvalue weighted by atomic mass is 10.1. The number of aryl methyl sites for hydroxylation is 1. The SMILES string of the molecule is Cc1cc2c(cc1Br)[N]N=C2. The van der Waals surface area contributed by atoms with Crippen molar-refractivity contribution < 1.29 is 0 Å². The van der Waals surface area contributed by atoms with Gasteiger partial charge in [-0.15, -0.1) is 0 Å². The highest BCUT2D eigenvalue weighted by Gasteiger charge is 2.09. The summed E-state index contributed by atoms with van der Waals surface area (Å²) in [4.78, 5) is 0. The van der Waals surface area contributed by atoms with Gasteiger partial charge in [-0.05, 0) is 24.6 Å². The monoisotopic (exact) mass is 209 g/mol. The first-order valence-corrected chi connectivity index (χ1v) is 4.11. The van der Waals surface area contributed by atoms with Gasteiger partial charge in [0.15, 0.2) is 0 Å². The van der Waals surface area contributed by atoms with Gasteiger partial charge in [-0.1, -0.05) is 15.9 Å². The van der Waals surface area contributed by atoms with E-state index in [1.54, 1.807) is 6.21 Å².